The molecule has 0 aromatic carbocycles. The second-order valence-electron chi connectivity index (χ2n) is 4.65. The molecule has 0 spiro atoms. The third-order valence-corrected chi connectivity index (χ3v) is 3.16. The number of rotatable bonds is 1. The Bertz CT molecular complexity index is 223. The van der Waals surface area contributed by atoms with Crippen LogP contribution in [0.5, 0.6) is 0 Å². The maximum atomic E-state index is 11.8. The van der Waals surface area contributed by atoms with Crippen molar-refractivity contribution in [1.29, 1.82) is 0 Å². The summed E-state index contributed by atoms with van der Waals surface area (Å²) in [6, 6.07) is 0. The third-order valence-electron chi connectivity index (χ3n) is 3.16. The Morgan fingerprint density at radius 3 is 2.77 bits per heavy atom. The minimum Gasteiger partial charge on any atom is -0.341 e. The lowest BCUT2D eigenvalue weighted by atomic mass is 9.99. The number of amides is 1. The number of nitrogens with zero attached hydrogens (tertiary/aromatic N) is 1. The number of hydrogen-bond acceptors (Lipinski definition) is 2. The molecule has 13 heavy (non-hydrogen) atoms. The fourth-order valence-corrected chi connectivity index (χ4v) is 2.04. The largest absolute Gasteiger partial charge is 0.341 e. The number of carbonyl (C=O) groups excluding carboxylic acids is 1. The third kappa shape index (κ3) is 1.70. The second-order valence-corrected chi connectivity index (χ2v) is 4.65. The van der Waals surface area contributed by atoms with E-state index in [0.29, 0.717) is 5.92 Å². The van der Waals surface area contributed by atoms with E-state index in [-0.39, 0.29) is 5.91 Å². The number of carbonyl (C=O) groups is 1. The molecule has 0 bridgehead atoms. The Balaban J connectivity index is 1.96. The van der Waals surface area contributed by atoms with Crippen molar-refractivity contribution >= 4 is 5.91 Å². The van der Waals surface area contributed by atoms with Crippen LogP contribution in [-0.2, 0) is 4.79 Å². The predicted molar refractivity (Wildman–Crippen MR) is 51.1 cm³/mol. The summed E-state index contributed by atoms with van der Waals surface area (Å²) in [5.74, 6) is 0.846. The molecule has 1 aliphatic heterocycles. The van der Waals surface area contributed by atoms with Gasteiger partial charge in [-0.25, -0.2) is 0 Å². The monoisotopic (exact) mass is 182 g/mol. The van der Waals surface area contributed by atoms with E-state index in [1.807, 2.05) is 4.90 Å². The van der Waals surface area contributed by atoms with E-state index in [1.165, 1.54) is 6.42 Å². The normalized spacial score (nSPS) is 31.5. The summed E-state index contributed by atoms with van der Waals surface area (Å²) in [6.45, 7) is 4.04. The zero-order chi connectivity index (χ0) is 9.47. The van der Waals surface area contributed by atoms with E-state index < -0.39 is 5.54 Å². The minimum absolute atomic E-state index is 0.194. The molecule has 3 heteroatoms. The SMILES string of the molecule is CC1CCCN(C(=O)C2(N)CC2)C1. The van der Waals surface area contributed by atoms with Crippen LogP contribution >= 0.6 is 0 Å². The fraction of sp³-hybridized carbons (Fsp3) is 0.900. The molecule has 1 saturated heterocycles. The molecule has 0 aromatic heterocycles. The average molecular weight is 182 g/mol. The molecule has 2 fully saturated rings. The first kappa shape index (κ1) is 9.00. The van der Waals surface area contributed by atoms with Gasteiger partial charge in [-0.1, -0.05) is 6.92 Å². The Morgan fingerprint density at radius 1 is 1.54 bits per heavy atom. The van der Waals surface area contributed by atoms with Gasteiger partial charge in [0.2, 0.25) is 5.91 Å². The molecule has 1 amide bonds. The summed E-state index contributed by atoms with van der Waals surface area (Å²) in [4.78, 5) is 13.8. The highest BCUT2D eigenvalue weighted by Crippen LogP contribution is 2.35. The summed E-state index contributed by atoms with van der Waals surface area (Å²) < 4.78 is 0. The van der Waals surface area contributed by atoms with E-state index in [4.69, 9.17) is 5.73 Å². The van der Waals surface area contributed by atoms with Crippen molar-refractivity contribution in [3.63, 3.8) is 0 Å². The maximum Gasteiger partial charge on any atom is 0.242 e. The van der Waals surface area contributed by atoms with Crippen molar-refractivity contribution in [2.75, 3.05) is 13.1 Å². The predicted octanol–water partition coefficient (Wildman–Crippen LogP) is 0.736. The van der Waals surface area contributed by atoms with Crippen LogP contribution < -0.4 is 5.73 Å². The summed E-state index contributed by atoms with van der Waals surface area (Å²) >= 11 is 0. The van der Waals surface area contributed by atoms with Gasteiger partial charge in [-0.05, 0) is 31.6 Å². The van der Waals surface area contributed by atoms with Gasteiger partial charge < -0.3 is 10.6 Å². The molecule has 2 rings (SSSR count). The van der Waals surface area contributed by atoms with Crippen LogP contribution in [0, 0.1) is 5.92 Å². The summed E-state index contributed by atoms with van der Waals surface area (Å²) in [5, 5.41) is 0. The van der Waals surface area contributed by atoms with Crippen molar-refractivity contribution in [2.45, 2.75) is 38.1 Å². The van der Waals surface area contributed by atoms with Crippen LogP contribution in [0.15, 0.2) is 0 Å². The first-order chi connectivity index (χ1) is 6.12. The van der Waals surface area contributed by atoms with E-state index >= 15 is 0 Å². The van der Waals surface area contributed by atoms with Gasteiger partial charge in [0, 0.05) is 13.1 Å². The summed E-state index contributed by atoms with van der Waals surface area (Å²) in [5.41, 5.74) is 5.41. The highest BCUT2D eigenvalue weighted by molar-refractivity contribution is 5.89. The number of nitrogens with two attached hydrogens (primary N) is 1. The highest BCUT2D eigenvalue weighted by Gasteiger charge is 2.48. The van der Waals surface area contributed by atoms with E-state index in [2.05, 4.69) is 6.92 Å². The van der Waals surface area contributed by atoms with Crippen molar-refractivity contribution in [2.24, 2.45) is 11.7 Å². The number of likely N-dealkylation sites (tertiary alicyclic amines) is 1. The molecule has 2 aliphatic rings. The van der Waals surface area contributed by atoms with Gasteiger partial charge in [0.05, 0.1) is 5.54 Å². The van der Waals surface area contributed by atoms with E-state index in [1.54, 1.807) is 0 Å². The van der Waals surface area contributed by atoms with Crippen molar-refractivity contribution in [1.82, 2.24) is 4.90 Å². The smallest absolute Gasteiger partial charge is 0.242 e. The van der Waals surface area contributed by atoms with Crippen LogP contribution in [-0.4, -0.2) is 29.4 Å². The molecule has 1 unspecified atom stereocenters. The van der Waals surface area contributed by atoms with Gasteiger partial charge in [0.15, 0.2) is 0 Å². The molecule has 2 N–H and O–H groups in total. The fourth-order valence-electron chi connectivity index (χ4n) is 2.04. The van der Waals surface area contributed by atoms with E-state index in [9.17, 15) is 4.79 Å². The van der Waals surface area contributed by atoms with Gasteiger partial charge in [-0.3, -0.25) is 4.79 Å². The molecular formula is C10H18N2O. The zero-order valence-electron chi connectivity index (χ0n) is 8.25. The van der Waals surface area contributed by atoms with Crippen LogP contribution in [0.4, 0.5) is 0 Å². The van der Waals surface area contributed by atoms with Crippen LogP contribution in [0.3, 0.4) is 0 Å². The van der Waals surface area contributed by atoms with Crippen molar-refractivity contribution in [3.05, 3.63) is 0 Å². The standard InChI is InChI=1S/C10H18N2O/c1-8-3-2-6-12(7-8)9(13)10(11)4-5-10/h8H,2-7,11H2,1H3. The summed E-state index contributed by atoms with van der Waals surface area (Å²) in [6.07, 6.45) is 4.16. The van der Waals surface area contributed by atoms with Gasteiger partial charge >= 0.3 is 0 Å². The first-order valence-corrected chi connectivity index (χ1v) is 5.20. The van der Waals surface area contributed by atoms with Crippen LogP contribution in [0.2, 0.25) is 0 Å². The average Bonchev–Trinajstić information content (AvgIpc) is 2.84. The second kappa shape index (κ2) is 2.98. The molecule has 3 nitrogen and oxygen atoms in total. The Labute approximate surface area is 79.3 Å². The Morgan fingerprint density at radius 2 is 2.23 bits per heavy atom. The number of piperidine rings is 1. The Hall–Kier alpha value is -0.570. The molecule has 1 heterocycles. The van der Waals surface area contributed by atoms with Crippen molar-refractivity contribution < 1.29 is 4.79 Å². The summed E-state index contributed by atoms with van der Waals surface area (Å²) in [7, 11) is 0. The molecule has 1 aliphatic carbocycles. The molecule has 0 radical (unpaired) electrons. The van der Waals surface area contributed by atoms with Gasteiger partial charge in [-0.2, -0.15) is 0 Å². The quantitative estimate of drug-likeness (QED) is 0.650. The molecule has 1 atom stereocenters. The van der Waals surface area contributed by atoms with Crippen molar-refractivity contribution in [3.8, 4) is 0 Å². The lowest BCUT2D eigenvalue weighted by molar-refractivity contribution is -0.135. The van der Waals surface area contributed by atoms with Gasteiger partial charge in [0.25, 0.3) is 0 Å². The molecule has 1 saturated carbocycles. The minimum atomic E-state index is -0.461. The zero-order valence-corrected chi connectivity index (χ0v) is 8.25. The molecular weight excluding hydrogens is 164 g/mol. The molecule has 74 valence electrons. The van der Waals surface area contributed by atoms with E-state index in [0.717, 1.165) is 32.4 Å². The van der Waals surface area contributed by atoms with Gasteiger partial charge in [-0.15, -0.1) is 0 Å². The number of hydrogen-bond donors (Lipinski definition) is 1. The lowest BCUT2D eigenvalue weighted by Crippen LogP contribution is -2.49. The van der Waals surface area contributed by atoms with Gasteiger partial charge in [0.1, 0.15) is 0 Å². The Kier molecular flexibility index (Phi) is 2.06. The topological polar surface area (TPSA) is 46.3 Å². The first-order valence-electron chi connectivity index (χ1n) is 5.20. The maximum absolute atomic E-state index is 11.8. The van der Waals surface area contributed by atoms with Crippen LogP contribution in [0.25, 0.3) is 0 Å². The van der Waals surface area contributed by atoms with Crippen LogP contribution in [0.1, 0.15) is 32.6 Å². The molecule has 0 aromatic rings. The lowest BCUT2D eigenvalue weighted by Gasteiger charge is -2.32. The highest BCUT2D eigenvalue weighted by atomic mass is 16.2.